The molecule has 2 heterocycles. The summed E-state index contributed by atoms with van der Waals surface area (Å²) in [6.07, 6.45) is 1.60. The van der Waals surface area contributed by atoms with Crippen LogP contribution in [0.4, 0.5) is 5.82 Å². The fraction of sp³-hybridized carbons (Fsp3) is 0.375. The minimum atomic E-state index is -3.76. The van der Waals surface area contributed by atoms with E-state index in [0.717, 1.165) is 4.31 Å². The van der Waals surface area contributed by atoms with Gasteiger partial charge in [-0.05, 0) is 0 Å². The van der Waals surface area contributed by atoms with Crippen LogP contribution in [-0.4, -0.2) is 47.4 Å². The Morgan fingerprint density at radius 1 is 1.67 bits per heavy atom. The summed E-state index contributed by atoms with van der Waals surface area (Å²) >= 11 is 1.30. The van der Waals surface area contributed by atoms with Gasteiger partial charge in [0.15, 0.2) is 10.8 Å². The average molecular weight is 291 g/mol. The van der Waals surface area contributed by atoms with Crippen LogP contribution in [0.2, 0.25) is 0 Å². The standard InChI is InChI=1S/C8H13N5O3S2/c1-12(2-4-14)18(15,16)7-6(11-9)10-8-13(7)3-5-17-8/h3,5,11,14H,2,4,9H2,1H3. The first-order chi connectivity index (χ1) is 8.52. The molecule has 8 nitrogen and oxygen atoms in total. The molecule has 100 valence electrons. The van der Waals surface area contributed by atoms with E-state index in [2.05, 4.69) is 10.4 Å². The number of aliphatic hydroxyl groups excluding tert-OH is 1. The van der Waals surface area contributed by atoms with E-state index >= 15 is 0 Å². The van der Waals surface area contributed by atoms with Gasteiger partial charge in [-0.2, -0.15) is 9.29 Å². The number of aromatic nitrogens is 2. The zero-order valence-electron chi connectivity index (χ0n) is 9.57. The summed E-state index contributed by atoms with van der Waals surface area (Å²) in [7, 11) is -2.37. The molecule has 0 spiro atoms. The predicted molar refractivity (Wildman–Crippen MR) is 67.8 cm³/mol. The maximum absolute atomic E-state index is 12.3. The van der Waals surface area contributed by atoms with E-state index in [-0.39, 0.29) is 24.0 Å². The van der Waals surface area contributed by atoms with Crippen LogP contribution in [0.5, 0.6) is 0 Å². The number of nitrogen functional groups attached to an aromatic ring is 1. The molecule has 0 fully saturated rings. The van der Waals surface area contributed by atoms with Crippen LogP contribution in [0.1, 0.15) is 0 Å². The molecule has 0 aliphatic rings. The van der Waals surface area contributed by atoms with Crippen molar-refractivity contribution < 1.29 is 13.5 Å². The third-order valence-electron chi connectivity index (χ3n) is 2.42. The fourth-order valence-electron chi connectivity index (χ4n) is 1.51. The number of nitrogens with zero attached hydrogens (tertiary/aromatic N) is 3. The number of anilines is 1. The molecule has 0 aliphatic carbocycles. The molecule has 0 saturated heterocycles. The lowest BCUT2D eigenvalue weighted by atomic mass is 10.7. The van der Waals surface area contributed by atoms with Crippen molar-refractivity contribution in [1.82, 2.24) is 13.7 Å². The Labute approximate surface area is 108 Å². The first-order valence-corrected chi connectivity index (χ1v) is 7.33. The van der Waals surface area contributed by atoms with E-state index in [1.54, 1.807) is 11.6 Å². The lowest BCUT2D eigenvalue weighted by Gasteiger charge is -2.15. The normalized spacial score (nSPS) is 12.4. The number of likely N-dealkylation sites (N-methyl/N-ethyl adjacent to an activating group) is 1. The molecular weight excluding hydrogens is 278 g/mol. The lowest BCUT2D eigenvalue weighted by Crippen LogP contribution is -2.31. The molecule has 0 saturated carbocycles. The Morgan fingerprint density at radius 3 is 3.00 bits per heavy atom. The third-order valence-corrected chi connectivity index (χ3v) is 5.06. The largest absolute Gasteiger partial charge is 0.395 e. The summed E-state index contributed by atoms with van der Waals surface area (Å²) in [4.78, 5) is 4.60. The van der Waals surface area contributed by atoms with Crippen molar-refractivity contribution in [3.05, 3.63) is 11.6 Å². The van der Waals surface area contributed by atoms with Crippen molar-refractivity contribution in [2.24, 2.45) is 5.84 Å². The molecule has 0 atom stereocenters. The number of imidazole rings is 1. The topological polar surface area (TPSA) is 113 Å². The summed E-state index contributed by atoms with van der Waals surface area (Å²) in [5.74, 6) is 5.38. The second-order valence-corrected chi connectivity index (χ2v) is 6.35. The molecule has 0 bridgehead atoms. The highest BCUT2D eigenvalue weighted by molar-refractivity contribution is 7.89. The van der Waals surface area contributed by atoms with E-state index in [4.69, 9.17) is 10.9 Å². The molecule has 4 N–H and O–H groups in total. The van der Waals surface area contributed by atoms with Crippen molar-refractivity contribution >= 4 is 32.1 Å². The highest BCUT2D eigenvalue weighted by Crippen LogP contribution is 2.26. The quantitative estimate of drug-likeness (QED) is 0.495. The van der Waals surface area contributed by atoms with Crippen LogP contribution in [-0.2, 0) is 10.0 Å². The van der Waals surface area contributed by atoms with Crippen molar-refractivity contribution in [2.75, 3.05) is 25.6 Å². The number of sulfonamides is 1. The summed E-state index contributed by atoms with van der Waals surface area (Å²) in [5, 5.41) is 10.5. The molecule has 18 heavy (non-hydrogen) atoms. The number of rotatable bonds is 5. The van der Waals surface area contributed by atoms with Gasteiger partial charge in [-0.15, -0.1) is 11.3 Å². The highest BCUT2D eigenvalue weighted by atomic mass is 32.2. The number of nitrogens with two attached hydrogens (primary N) is 1. The van der Waals surface area contributed by atoms with Crippen LogP contribution in [0.25, 0.3) is 4.96 Å². The monoisotopic (exact) mass is 291 g/mol. The Morgan fingerprint density at radius 2 is 2.39 bits per heavy atom. The van der Waals surface area contributed by atoms with Crippen LogP contribution in [0.15, 0.2) is 16.6 Å². The Balaban J connectivity index is 2.61. The number of hydrogen-bond donors (Lipinski definition) is 3. The van der Waals surface area contributed by atoms with E-state index in [0.29, 0.717) is 4.96 Å². The predicted octanol–water partition coefficient (Wildman–Crippen LogP) is -0.706. The van der Waals surface area contributed by atoms with Gasteiger partial charge in [-0.3, -0.25) is 4.40 Å². The first-order valence-electron chi connectivity index (χ1n) is 5.01. The number of aliphatic hydroxyl groups is 1. The first kappa shape index (κ1) is 13.2. The zero-order valence-corrected chi connectivity index (χ0v) is 11.2. The van der Waals surface area contributed by atoms with Crippen LogP contribution < -0.4 is 11.3 Å². The number of thiazole rings is 1. The Kier molecular flexibility index (Phi) is 3.54. The van der Waals surface area contributed by atoms with Crippen molar-refractivity contribution in [1.29, 1.82) is 0 Å². The molecule has 0 amide bonds. The van der Waals surface area contributed by atoms with Gasteiger partial charge in [0.1, 0.15) is 0 Å². The Bertz CT molecular complexity index is 647. The van der Waals surface area contributed by atoms with E-state index < -0.39 is 10.0 Å². The number of fused-ring (bicyclic) bond motifs is 1. The third kappa shape index (κ3) is 1.97. The molecule has 0 aromatic carbocycles. The van der Waals surface area contributed by atoms with Gasteiger partial charge in [0.2, 0.25) is 5.03 Å². The lowest BCUT2D eigenvalue weighted by molar-refractivity contribution is 0.266. The van der Waals surface area contributed by atoms with Crippen molar-refractivity contribution in [2.45, 2.75) is 5.03 Å². The zero-order chi connectivity index (χ0) is 13.3. The summed E-state index contributed by atoms with van der Waals surface area (Å²) in [5.41, 5.74) is 2.28. The maximum Gasteiger partial charge on any atom is 0.262 e. The van der Waals surface area contributed by atoms with Crippen LogP contribution in [0, 0.1) is 0 Å². The average Bonchev–Trinajstić information content (AvgIpc) is 2.87. The number of nitrogens with one attached hydrogen (secondary N) is 1. The fourth-order valence-corrected chi connectivity index (χ4v) is 3.65. The van der Waals surface area contributed by atoms with Crippen LogP contribution in [0.3, 0.4) is 0 Å². The van der Waals surface area contributed by atoms with Gasteiger partial charge in [-0.1, -0.05) is 0 Å². The van der Waals surface area contributed by atoms with Gasteiger partial charge in [0.05, 0.1) is 6.61 Å². The molecule has 10 heteroatoms. The van der Waals surface area contributed by atoms with E-state index in [9.17, 15) is 8.42 Å². The molecule has 0 unspecified atom stereocenters. The molecule has 2 aromatic rings. The minimum absolute atomic E-state index is 0.00369. The second-order valence-electron chi connectivity index (χ2n) is 3.52. The maximum atomic E-state index is 12.3. The molecular formula is C8H13N5O3S2. The molecule has 0 aliphatic heterocycles. The second kappa shape index (κ2) is 4.82. The van der Waals surface area contributed by atoms with Crippen molar-refractivity contribution in [3.63, 3.8) is 0 Å². The highest BCUT2D eigenvalue weighted by Gasteiger charge is 2.29. The smallest absolute Gasteiger partial charge is 0.262 e. The van der Waals surface area contributed by atoms with Gasteiger partial charge >= 0.3 is 0 Å². The number of hydrogen-bond acceptors (Lipinski definition) is 7. The molecule has 2 rings (SSSR count). The van der Waals surface area contributed by atoms with E-state index in [1.807, 2.05) is 0 Å². The van der Waals surface area contributed by atoms with Gasteiger partial charge < -0.3 is 10.5 Å². The van der Waals surface area contributed by atoms with Gasteiger partial charge in [0.25, 0.3) is 10.0 Å². The SMILES string of the molecule is CN(CCO)S(=O)(=O)c1c(NN)nc2sccn12. The number of hydrazine groups is 1. The summed E-state index contributed by atoms with van der Waals surface area (Å²) < 4.78 is 27.2. The Hall–Kier alpha value is -1.20. The molecule has 2 aromatic heterocycles. The van der Waals surface area contributed by atoms with Gasteiger partial charge in [0, 0.05) is 25.2 Å². The van der Waals surface area contributed by atoms with Crippen LogP contribution >= 0.6 is 11.3 Å². The minimum Gasteiger partial charge on any atom is -0.395 e. The summed E-state index contributed by atoms with van der Waals surface area (Å²) in [6.45, 7) is -0.254. The summed E-state index contributed by atoms with van der Waals surface area (Å²) in [6, 6.07) is 0. The van der Waals surface area contributed by atoms with Crippen molar-refractivity contribution in [3.8, 4) is 0 Å². The molecule has 0 radical (unpaired) electrons. The van der Waals surface area contributed by atoms with E-state index in [1.165, 1.54) is 22.8 Å². The van der Waals surface area contributed by atoms with Gasteiger partial charge in [-0.25, -0.2) is 14.3 Å².